The Morgan fingerprint density at radius 3 is 3.07 bits per heavy atom. The van der Waals surface area contributed by atoms with Crippen LogP contribution >= 0.6 is 11.3 Å². The van der Waals surface area contributed by atoms with Crippen molar-refractivity contribution in [2.24, 2.45) is 5.73 Å². The summed E-state index contributed by atoms with van der Waals surface area (Å²) in [6, 6.07) is 2.33. The molecule has 0 aliphatic carbocycles. The molecule has 0 saturated carbocycles. The standard InChI is InChI=1S/C11H16N2OS/c1-8-9(4-11(7-14)15-8)5-13-3-2-10(12)6-13/h4,7,10H,2-3,5-6,12H2,1H3. The van der Waals surface area contributed by atoms with Crippen molar-refractivity contribution >= 4 is 17.6 Å². The predicted molar refractivity (Wildman–Crippen MR) is 62.3 cm³/mol. The smallest absolute Gasteiger partial charge is 0.160 e. The molecule has 1 aromatic heterocycles. The fourth-order valence-electron chi connectivity index (χ4n) is 2.01. The summed E-state index contributed by atoms with van der Waals surface area (Å²) in [5.41, 5.74) is 7.13. The molecule has 2 heterocycles. The zero-order valence-corrected chi connectivity index (χ0v) is 9.72. The Hall–Kier alpha value is -0.710. The Morgan fingerprint density at radius 2 is 2.53 bits per heavy atom. The highest BCUT2D eigenvalue weighted by atomic mass is 32.1. The van der Waals surface area contributed by atoms with Crippen molar-refractivity contribution in [3.63, 3.8) is 0 Å². The van der Waals surface area contributed by atoms with Crippen LogP contribution in [0.3, 0.4) is 0 Å². The molecule has 4 heteroatoms. The van der Waals surface area contributed by atoms with E-state index in [1.54, 1.807) is 11.3 Å². The van der Waals surface area contributed by atoms with E-state index in [1.165, 1.54) is 10.4 Å². The lowest BCUT2D eigenvalue weighted by Crippen LogP contribution is -2.26. The summed E-state index contributed by atoms with van der Waals surface area (Å²) < 4.78 is 0. The molecule has 82 valence electrons. The zero-order valence-electron chi connectivity index (χ0n) is 8.90. The van der Waals surface area contributed by atoms with E-state index in [-0.39, 0.29) is 0 Å². The number of likely N-dealkylation sites (tertiary alicyclic amines) is 1. The molecule has 0 aromatic carbocycles. The van der Waals surface area contributed by atoms with Crippen molar-refractivity contribution in [1.82, 2.24) is 4.90 Å². The molecule has 2 N–H and O–H groups in total. The molecule has 15 heavy (non-hydrogen) atoms. The number of aldehydes is 1. The normalized spacial score (nSPS) is 22.1. The van der Waals surface area contributed by atoms with Gasteiger partial charge < -0.3 is 5.73 Å². The first-order valence-corrected chi connectivity index (χ1v) is 6.03. The van der Waals surface area contributed by atoms with Gasteiger partial charge in [-0.2, -0.15) is 0 Å². The van der Waals surface area contributed by atoms with Gasteiger partial charge in [-0.3, -0.25) is 9.69 Å². The van der Waals surface area contributed by atoms with Crippen LogP contribution in [0.1, 0.15) is 26.5 Å². The third-order valence-electron chi connectivity index (χ3n) is 2.86. The van der Waals surface area contributed by atoms with Gasteiger partial charge >= 0.3 is 0 Å². The van der Waals surface area contributed by atoms with Crippen LogP contribution in [0.5, 0.6) is 0 Å². The minimum absolute atomic E-state index is 0.328. The third kappa shape index (κ3) is 2.45. The first-order chi connectivity index (χ1) is 7.19. The van der Waals surface area contributed by atoms with Crippen LogP contribution in [0.15, 0.2) is 6.07 Å². The van der Waals surface area contributed by atoms with Crippen molar-refractivity contribution < 1.29 is 4.79 Å². The van der Waals surface area contributed by atoms with Gasteiger partial charge in [0.15, 0.2) is 6.29 Å². The van der Waals surface area contributed by atoms with E-state index in [1.807, 2.05) is 6.07 Å². The van der Waals surface area contributed by atoms with Crippen LogP contribution in [0.4, 0.5) is 0 Å². The quantitative estimate of drug-likeness (QED) is 0.789. The molecule has 1 atom stereocenters. The van der Waals surface area contributed by atoms with Crippen LogP contribution in [0.25, 0.3) is 0 Å². The molecule has 1 unspecified atom stereocenters. The van der Waals surface area contributed by atoms with Gasteiger partial charge in [-0.15, -0.1) is 11.3 Å². The summed E-state index contributed by atoms with van der Waals surface area (Å²) >= 11 is 1.57. The third-order valence-corrected chi connectivity index (χ3v) is 3.88. The van der Waals surface area contributed by atoms with E-state index in [0.717, 1.165) is 37.2 Å². The molecular weight excluding hydrogens is 208 g/mol. The van der Waals surface area contributed by atoms with Crippen LogP contribution in [-0.2, 0) is 6.54 Å². The van der Waals surface area contributed by atoms with Crippen molar-refractivity contribution in [2.45, 2.75) is 25.9 Å². The molecule has 1 saturated heterocycles. The first kappa shape index (κ1) is 10.8. The number of nitrogens with two attached hydrogens (primary N) is 1. The van der Waals surface area contributed by atoms with Crippen molar-refractivity contribution in [1.29, 1.82) is 0 Å². The van der Waals surface area contributed by atoms with Gasteiger partial charge in [-0.25, -0.2) is 0 Å². The van der Waals surface area contributed by atoms with Gasteiger partial charge in [0.1, 0.15) is 0 Å². The SMILES string of the molecule is Cc1sc(C=O)cc1CN1CCC(N)C1. The molecule has 1 aromatic rings. The van der Waals surface area contributed by atoms with E-state index in [9.17, 15) is 4.79 Å². The minimum atomic E-state index is 0.328. The Bertz CT molecular complexity index is 361. The number of aryl methyl sites for hydroxylation is 1. The molecule has 0 bridgehead atoms. The number of hydrogen-bond donors (Lipinski definition) is 1. The molecular formula is C11H16N2OS. The van der Waals surface area contributed by atoms with E-state index in [4.69, 9.17) is 5.73 Å². The second-order valence-corrected chi connectivity index (χ2v) is 5.42. The second-order valence-electron chi connectivity index (χ2n) is 4.13. The number of nitrogens with zero attached hydrogens (tertiary/aromatic N) is 1. The second kappa shape index (κ2) is 4.43. The maximum Gasteiger partial charge on any atom is 0.160 e. The highest BCUT2D eigenvalue weighted by Crippen LogP contribution is 2.22. The fraction of sp³-hybridized carbons (Fsp3) is 0.545. The van der Waals surface area contributed by atoms with Gasteiger partial charge in [0.25, 0.3) is 0 Å². The highest BCUT2D eigenvalue weighted by molar-refractivity contribution is 7.13. The van der Waals surface area contributed by atoms with Gasteiger partial charge in [0.05, 0.1) is 4.88 Å². The van der Waals surface area contributed by atoms with E-state index < -0.39 is 0 Å². The molecule has 1 aliphatic heterocycles. The van der Waals surface area contributed by atoms with Crippen molar-refractivity contribution in [2.75, 3.05) is 13.1 Å². The van der Waals surface area contributed by atoms with Crippen LogP contribution in [0.2, 0.25) is 0 Å². The molecule has 1 aliphatic rings. The van der Waals surface area contributed by atoms with Gasteiger partial charge in [-0.05, 0) is 25.0 Å². The summed E-state index contributed by atoms with van der Waals surface area (Å²) in [7, 11) is 0. The summed E-state index contributed by atoms with van der Waals surface area (Å²) in [6.45, 7) is 5.06. The Balaban J connectivity index is 2.03. The predicted octanol–water partition coefficient (Wildman–Crippen LogP) is 1.40. The maximum atomic E-state index is 10.6. The van der Waals surface area contributed by atoms with Gasteiger partial charge in [-0.1, -0.05) is 0 Å². The Morgan fingerprint density at radius 1 is 1.73 bits per heavy atom. The lowest BCUT2D eigenvalue weighted by Gasteiger charge is -2.14. The van der Waals surface area contributed by atoms with Crippen LogP contribution < -0.4 is 5.73 Å². The van der Waals surface area contributed by atoms with Crippen LogP contribution in [-0.4, -0.2) is 30.3 Å². The van der Waals surface area contributed by atoms with Crippen LogP contribution in [0, 0.1) is 6.92 Å². The summed E-state index contributed by atoms with van der Waals surface area (Å²) in [6.07, 6.45) is 2.01. The number of thiophene rings is 1. The number of carbonyl (C=O) groups excluding carboxylic acids is 1. The summed E-state index contributed by atoms with van der Waals surface area (Å²) in [4.78, 5) is 15.1. The van der Waals surface area contributed by atoms with E-state index in [0.29, 0.717) is 6.04 Å². The highest BCUT2D eigenvalue weighted by Gasteiger charge is 2.20. The minimum Gasteiger partial charge on any atom is -0.326 e. The number of hydrogen-bond acceptors (Lipinski definition) is 4. The summed E-state index contributed by atoms with van der Waals surface area (Å²) in [5, 5.41) is 0. The number of carbonyl (C=O) groups is 1. The Labute approximate surface area is 93.9 Å². The molecule has 0 amide bonds. The molecule has 0 radical (unpaired) electrons. The maximum absolute atomic E-state index is 10.6. The molecule has 3 nitrogen and oxygen atoms in total. The lowest BCUT2D eigenvalue weighted by atomic mass is 10.2. The molecule has 0 spiro atoms. The van der Waals surface area contributed by atoms with E-state index >= 15 is 0 Å². The van der Waals surface area contributed by atoms with Crippen molar-refractivity contribution in [3.8, 4) is 0 Å². The lowest BCUT2D eigenvalue weighted by molar-refractivity contribution is 0.112. The van der Waals surface area contributed by atoms with E-state index in [2.05, 4.69) is 11.8 Å². The van der Waals surface area contributed by atoms with Gasteiger partial charge in [0, 0.05) is 30.6 Å². The fourth-order valence-corrected chi connectivity index (χ4v) is 2.86. The average molecular weight is 224 g/mol. The topological polar surface area (TPSA) is 46.3 Å². The molecule has 1 fully saturated rings. The van der Waals surface area contributed by atoms with Gasteiger partial charge in [0.2, 0.25) is 0 Å². The average Bonchev–Trinajstić information content (AvgIpc) is 2.75. The summed E-state index contributed by atoms with van der Waals surface area (Å²) in [5.74, 6) is 0. The Kier molecular flexibility index (Phi) is 3.19. The first-order valence-electron chi connectivity index (χ1n) is 5.21. The zero-order chi connectivity index (χ0) is 10.8. The monoisotopic (exact) mass is 224 g/mol. The largest absolute Gasteiger partial charge is 0.326 e. The number of rotatable bonds is 3. The van der Waals surface area contributed by atoms with Crippen molar-refractivity contribution in [3.05, 3.63) is 21.4 Å². The molecule has 2 rings (SSSR count).